The fourth-order valence-corrected chi connectivity index (χ4v) is 3.49. The Balaban J connectivity index is 1.66. The summed E-state index contributed by atoms with van der Waals surface area (Å²) in [5.74, 6) is 0.523. The normalized spacial score (nSPS) is 24.5. The van der Waals surface area contributed by atoms with Gasteiger partial charge in [-0.1, -0.05) is 18.6 Å². The van der Waals surface area contributed by atoms with Gasteiger partial charge in [-0.05, 0) is 48.4 Å². The summed E-state index contributed by atoms with van der Waals surface area (Å²) < 4.78 is 0. The molecular formula is C17H19NO3. The van der Waals surface area contributed by atoms with Gasteiger partial charge in [0.05, 0.1) is 0 Å². The Hall–Kier alpha value is -2.10. The number of carboxylic acids is 1. The molecule has 1 aromatic rings. The van der Waals surface area contributed by atoms with Gasteiger partial charge in [0.1, 0.15) is 0 Å². The van der Waals surface area contributed by atoms with Gasteiger partial charge in [-0.25, -0.2) is 4.79 Å². The molecule has 1 aliphatic carbocycles. The van der Waals surface area contributed by atoms with Gasteiger partial charge in [0, 0.05) is 24.7 Å². The highest BCUT2D eigenvalue weighted by Gasteiger charge is 2.38. The van der Waals surface area contributed by atoms with Crippen molar-refractivity contribution in [3.63, 3.8) is 0 Å². The molecule has 2 atom stereocenters. The van der Waals surface area contributed by atoms with E-state index in [2.05, 4.69) is 0 Å². The Morgan fingerprint density at radius 2 is 1.71 bits per heavy atom. The van der Waals surface area contributed by atoms with Crippen molar-refractivity contribution in [3.05, 3.63) is 41.5 Å². The maximum absolute atomic E-state index is 12.5. The Labute approximate surface area is 124 Å². The number of carboxylic acid groups (broad SMARTS) is 1. The van der Waals surface area contributed by atoms with E-state index in [1.165, 1.54) is 25.3 Å². The van der Waals surface area contributed by atoms with Gasteiger partial charge < -0.3 is 10.0 Å². The summed E-state index contributed by atoms with van der Waals surface area (Å²) in [6.07, 6.45) is 6.44. The third-order valence-electron chi connectivity index (χ3n) is 4.59. The van der Waals surface area contributed by atoms with E-state index in [-0.39, 0.29) is 5.91 Å². The zero-order valence-electron chi connectivity index (χ0n) is 11.9. The van der Waals surface area contributed by atoms with Crippen LogP contribution in [-0.2, 0) is 4.79 Å². The molecule has 1 aromatic carbocycles. The molecule has 1 N–H and O–H groups in total. The largest absolute Gasteiger partial charge is 0.478 e. The summed E-state index contributed by atoms with van der Waals surface area (Å²) in [6.45, 7) is 1.79. The molecule has 2 unspecified atom stereocenters. The fraction of sp³-hybridized carbons (Fsp3) is 0.412. The van der Waals surface area contributed by atoms with Crippen LogP contribution in [0.2, 0.25) is 0 Å². The summed E-state index contributed by atoms with van der Waals surface area (Å²) in [5, 5.41) is 8.59. The van der Waals surface area contributed by atoms with Crippen molar-refractivity contribution in [2.45, 2.75) is 19.3 Å². The van der Waals surface area contributed by atoms with Crippen LogP contribution in [0.15, 0.2) is 30.3 Å². The lowest BCUT2D eigenvalue weighted by atomic mass is 10.0. The van der Waals surface area contributed by atoms with Crippen LogP contribution in [0.4, 0.5) is 0 Å². The van der Waals surface area contributed by atoms with Gasteiger partial charge in [-0.2, -0.15) is 0 Å². The molecule has 3 rings (SSSR count). The highest BCUT2D eigenvalue weighted by Crippen LogP contribution is 2.38. The van der Waals surface area contributed by atoms with Crippen LogP contribution in [0.25, 0.3) is 6.08 Å². The summed E-state index contributed by atoms with van der Waals surface area (Å²) in [5.41, 5.74) is 1.47. The Morgan fingerprint density at radius 1 is 1.10 bits per heavy atom. The van der Waals surface area contributed by atoms with Crippen molar-refractivity contribution >= 4 is 18.0 Å². The second kappa shape index (κ2) is 5.72. The maximum atomic E-state index is 12.5. The first-order valence-electron chi connectivity index (χ1n) is 7.44. The van der Waals surface area contributed by atoms with Gasteiger partial charge >= 0.3 is 5.97 Å². The number of fused-ring (bicyclic) bond motifs is 1. The minimum Gasteiger partial charge on any atom is -0.478 e. The van der Waals surface area contributed by atoms with Crippen LogP contribution in [0, 0.1) is 11.8 Å². The van der Waals surface area contributed by atoms with Gasteiger partial charge in [-0.3, -0.25) is 4.79 Å². The molecule has 1 amide bonds. The predicted octanol–water partition coefficient (Wildman–Crippen LogP) is 2.66. The second-order valence-electron chi connectivity index (χ2n) is 5.95. The van der Waals surface area contributed by atoms with Crippen molar-refractivity contribution < 1.29 is 14.7 Å². The second-order valence-corrected chi connectivity index (χ2v) is 5.95. The quantitative estimate of drug-likeness (QED) is 0.869. The van der Waals surface area contributed by atoms with Crippen molar-refractivity contribution in [1.82, 2.24) is 4.90 Å². The maximum Gasteiger partial charge on any atom is 0.328 e. The van der Waals surface area contributed by atoms with Gasteiger partial charge in [-0.15, -0.1) is 0 Å². The van der Waals surface area contributed by atoms with Crippen molar-refractivity contribution in [3.8, 4) is 0 Å². The number of carbonyl (C=O) groups excluding carboxylic acids is 1. The molecule has 1 saturated heterocycles. The number of benzene rings is 1. The molecule has 1 saturated carbocycles. The molecule has 4 nitrogen and oxygen atoms in total. The van der Waals surface area contributed by atoms with E-state index in [4.69, 9.17) is 5.11 Å². The first-order chi connectivity index (χ1) is 10.1. The lowest BCUT2D eigenvalue weighted by molar-refractivity contribution is -0.131. The molecule has 21 heavy (non-hydrogen) atoms. The topological polar surface area (TPSA) is 57.6 Å². The van der Waals surface area contributed by atoms with Crippen LogP contribution >= 0.6 is 0 Å². The molecule has 0 aromatic heterocycles. The van der Waals surface area contributed by atoms with Crippen LogP contribution < -0.4 is 0 Å². The van der Waals surface area contributed by atoms with Crippen LogP contribution in [0.1, 0.15) is 35.2 Å². The first kappa shape index (κ1) is 13.9. The monoisotopic (exact) mass is 285 g/mol. The minimum absolute atomic E-state index is 0.0955. The molecule has 110 valence electrons. The first-order valence-corrected chi connectivity index (χ1v) is 7.44. The van der Waals surface area contributed by atoms with E-state index >= 15 is 0 Å². The SMILES string of the molecule is O=C(O)/C=C/c1ccc(C(=O)N2CC3CCCC3C2)cc1. The lowest BCUT2D eigenvalue weighted by Gasteiger charge is -2.17. The Morgan fingerprint density at radius 3 is 2.29 bits per heavy atom. The average molecular weight is 285 g/mol. The van der Waals surface area contributed by atoms with E-state index in [1.54, 1.807) is 24.3 Å². The number of nitrogens with zero attached hydrogens (tertiary/aromatic N) is 1. The van der Waals surface area contributed by atoms with Crippen LogP contribution in [0.5, 0.6) is 0 Å². The van der Waals surface area contributed by atoms with Gasteiger partial charge in [0.2, 0.25) is 0 Å². The van der Waals surface area contributed by atoms with Gasteiger partial charge in [0.15, 0.2) is 0 Å². The number of hydrogen-bond donors (Lipinski definition) is 1. The number of likely N-dealkylation sites (tertiary alicyclic amines) is 1. The van der Waals surface area contributed by atoms with Gasteiger partial charge in [0.25, 0.3) is 5.91 Å². The lowest BCUT2D eigenvalue weighted by Crippen LogP contribution is -2.29. The van der Waals surface area contributed by atoms with Crippen LogP contribution in [-0.4, -0.2) is 35.0 Å². The minimum atomic E-state index is -0.973. The van der Waals surface area contributed by atoms with Crippen molar-refractivity contribution in [2.75, 3.05) is 13.1 Å². The molecule has 4 heteroatoms. The van der Waals surface area contributed by atoms with E-state index in [0.717, 1.165) is 24.7 Å². The smallest absolute Gasteiger partial charge is 0.328 e. The van der Waals surface area contributed by atoms with E-state index in [1.807, 2.05) is 4.90 Å². The molecule has 2 fully saturated rings. The average Bonchev–Trinajstić information content (AvgIpc) is 3.06. The molecule has 0 radical (unpaired) electrons. The molecule has 1 heterocycles. The van der Waals surface area contributed by atoms with E-state index in [9.17, 15) is 9.59 Å². The van der Waals surface area contributed by atoms with E-state index in [0.29, 0.717) is 17.4 Å². The summed E-state index contributed by atoms with van der Waals surface area (Å²) in [6, 6.07) is 7.11. The predicted molar refractivity (Wildman–Crippen MR) is 79.8 cm³/mol. The number of hydrogen-bond acceptors (Lipinski definition) is 2. The standard InChI is InChI=1S/C17H19NO3/c19-16(20)9-6-12-4-7-13(8-5-12)17(21)18-10-14-2-1-3-15(14)11-18/h4-9,14-15H,1-3,10-11H2,(H,19,20)/b9-6+. The number of rotatable bonds is 3. The molecular weight excluding hydrogens is 266 g/mol. The van der Waals surface area contributed by atoms with Crippen molar-refractivity contribution in [1.29, 1.82) is 0 Å². The highest BCUT2D eigenvalue weighted by atomic mass is 16.4. The third-order valence-corrected chi connectivity index (χ3v) is 4.59. The number of amides is 1. The van der Waals surface area contributed by atoms with Crippen LogP contribution in [0.3, 0.4) is 0 Å². The number of aliphatic carboxylic acids is 1. The molecule has 0 bridgehead atoms. The molecule has 0 spiro atoms. The molecule has 1 aliphatic heterocycles. The molecule has 2 aliphatic rings. The fourth-order valence-electron chi connectivity index (χ4n) is 3.49. The summed E-state index contributed by atoms with van der Waals surface area (Å²) >= 11 is 0. The Bertz CT molecular complexity index is 564. The van der Waals surface area contributed by atoms with E-state index < -0.39 is 5.97 Å². The van der Waals surface area contributed by atoms with Crippen molar-refractivity contribution in [2.24, 2.45) is 11.8 Å². The number of carbonyl (C=O) groups is 2. The summed E-state index contributed by atoms with van der Waals surface area (Å²) in [7, 11) is 0. The summed E-state index contributed by atoms with van der Waals surface area (Å²) in [4.78, 5) is 24.9. The Kier molecular flexibility index (Phi) is 3.78. The zero-order valence-corrected chi connectivity index (χ0v) is 11.9. The highest BCUT2D eigenvalue weighted by molar-refractivity contribution is 5.94. The third kappa shape index (κ3) is 2.99. The zero-order chi connectivity index (χ0) is 14.8.